The van der Waals surface area contributed by atoms with Crippen LogP contribution in [-0.2, 0) is 0 Å². The van der Waals surface area contributed by atoms with Gasteiger partial charge in [0, 0.05) is 23.0 Å². The Kier molecular flexibility index (Phi) is 5.12. The maximum absolute atomic E-state index is 12.6. The second-order valence-electron chi connectivity index (χ2n) is 5.70. The molecule has 26 heavy (non-hydrogen) atoms. The van der Waals surface area contributed by atoms with Crippen molar-refractivity contribution in [2.45, 2.75) is 13.8 Å². The highest BCUT2D eigenvalue weighted by Gasteiger charge is 2.12. The smallest absolute Gasteiger partial charge is 0.259 e. The largest absolute Gasteiger partial charge is 0.493 e. The first kappa shape index (κ1) is 17.4. The average molecular weight is 349 g/mol. The molecule has 0 unspecified atom stereocenters. The van der Waals surface area contributed by atoms with E-state index in [9.17, 15) is 9.59 Å². The van der Waals surface area contributed by atoms with Gasteiger partial charge in [0.15, 0.2) is 0 Å². The first-order chi connectivity index (χ1) is 12.6. The third-order valence-electron chi connectivity index (χ3n) is 3.70. The van der Waals surface area contributed by atoms with Crippen LogP contribution in [0.4, 0.5) is 5.69 Å². The summed E-state index contributed by atoms with van der Waals surface area (Å²) in [6.45, 7) is 4.11. The fourth-order valence-corrected chi connectivity index (χ4v) is 2.59. The van der Waals surface area contributed by atoms with Crippen molar-refractivity contribution in [1.82, 2.24) is 9.97 Å². The minimum absolute atomic E-state index is 0.215. The van der Waals surface area contributed by atoms with Gasteiger partial charge in [0.05, 0.1) is 12.2 Å². The molecule has 0 radical (unpaired) electrons. The molecule has 0 saturated carbocycles. The molecule has 0 saturated heterocycles. The normalized spacial score (nSPS) is 10.4. The van der Waals surface area contributed by atoms with Crippen molar-refractivity contribution in [3.05, 3.63) is 76.2 Å². The van der Waals surface area contributed by atoms with Gasteiger partial charge in [0.1, 0.15) is 11.6 Å². The molecule has 6 heteroatoms. The second kappa shape index (κ2) is 7.65. The maximum atomic E-state index is 12.6. The van der Waals surface area contributed by atoms with Crippen LogP contribution < -0.4 is 15.6 Å². The number of amides is 1. The van der Waals surface area contributed by atoms with Crippen LogP contribution in [0, 0.1) is 6.92 Å². The van der Waals surface area contributed by atoms with Gasteiger partial charge in [-0.1, -0.05) is 24.3 Å². The number of nitrogens with zero attached hydrogens (tertiary/aromatic N) is 1. The minimum Gasteiger partial charge on any atom is -0.493 e. The lowest BCUT2D eigenvalue weighted by molar-refractivity contribution is 0.102. The van der Waals surface area contributed by atoms with Crippen LogP contribution in [0.5, 0.6) is 5.75 Å². The van der Waals surface area contributed by atoms with Crippen LogP contribution in [0.1, 0.15) is 23.0 Å². The lowest BCUT2D eigenvalue weighted by atomic mass is 10.1. The van der Waals surface area contributed by atoms with Crippen LogP contribution in [-0.4, -0.2) is 22.5 Å². The van der Waals surface area contributed by atoms with E-state index in [0.717, 1.165) is 0 Å². The molecular weight excluding hydrogens is 330 g/mol. The molecule has 0 spiro atoms. The van der Waals surface area contributed by atoms with Crippen molar-refractivity contribution in [3.63, 3.8) is 0 Å². The summed E-state index contributed by atoms with van der Waals surface area (Å²) in [7, 11) is 0. The molecule has 1 amide bonds. The first-order valence-corrected chi connectivity index (χ1v) is 8.28. The van der Waals surface area contributed by atoms with Crippen molar-refractivity contribution < 1.29 is 9.53 Å². The number of carbonyl (C=O) groups excluding carboxylic acids is 1. The number of anilines is 1. The highest BCUT2D eigenvalue weighted by molar-refractivity contribution is 6.06. The van der Waals surface area contributed by atoms with Crippen molar-refractivity contribution in [1.29, 1.82) is 0 Å². The zero-order valence-corrected chi connectivity index (χ0v) is 14.6. The van der Waals surface area contributed by atoms with Crippen LogP contribution in [0.2, 0.25) is 0 Å². The van der Waals surface area contributed by atoms with Crippen molar-refractivity contribution >= 4 is 11.6 Å². The standard InChI is InChI=1S/C20H19N3O3/c1-3-26-17-10-5-4-9-16(17)20(25)22-15-8-6-7-14(12-15)19-21-13(2)11-18(24)23-19/h4-12H,3H2,1-2H3,(H,22,25)(H,21,23,24). The molecule has 0 aliphatic rings. The predicted molar refractivity (Wildman–Crippen MR) is 101 cm³/mol. The molecule has 3 rings (SSSR count). The second-order valence-corrected chi connectivity index (χ2v) is 5.70. The molecule has 0 fully saturated rings. The number of H-pyrrole nitrogens is 1. The van der Waals surface area contributed by atoms with Gasteiger partial charge in [0.25, 0.3) is 11.5 Å². The lowest BCUT2D eigenvalue weighted by Gasteiger charge is -2.11. The third kappa shape index (κ3) is 3.97. The Labute approximate surface area is 150 Å². The topological polar surface area (TPSA) is 84.1 Å². The lowest BCUT2D eigenvalue weighted by Crippen LogP contribution is -2.14. The van der Waals surface area contributed by atoms with Gasteiger partial charge in [-0.3, -0.25) is 9.59 Å². The summed E-state index contributed by atoms with van der Waals surface area (Å²) in [6, 6.07) is 15.7. The monoisotopic (exact) mass is 349 g/mol. The molecule has 0 bridgehead atoms. The van der Waals surface area contributed by atoms with Crippen LogP contribution >= 0.6 is 0 Å². The molecule has 1 heterocycles. The number of carbonyl (C=O) groups is 1. The number of aromatic amines is 1. The molecule has 132 valence electrons. The van der Waals surface area contributed by atoms with Gasteiger partial charge < -0.3 is 15.0 Å². The number of benzene rings is 2. The van der Waals surface area contributed by atoms with E-state index in [1.807, 2.05) is 19.1 Å². The molecule has 2 N–H and O–H groups in total. The number of hydrogen-bond donors (Lipinski definition) is 2. The molecule has 3 aromatic rings. The zero-order valence-electron chi connectivity index (χ0n) is 14.6. The Morgan fingerprint density at radius 3 is 2.73 bits per heavy atom. The Bertz CT molecular complexity index is 995. The van der Waals surface area contributed by atoms with Crippen molar-refractivity contribution in [2.24, 2.45) is 0 Å². The SMILES string of the molecule is CCOc1ccccc1C(=O)Nc1cccc(-c2nc(C)cc(=O)[nH]2)c1. The van der Waals surface area contributed by atoms with E-state index in [1.165, 1.54) is 6.07 Å². The van der Waals surface area contributed by atoms with Gasteiger partial charge >= 0.3 is 0 Å². The van der Waals surface area contributed by atoms with Crippen molar-refractivity contribution in [3.8, 4) is 17.1 Å². The number of nitrogens with one attached hydrogen (secondary N) is 2. The Hall–Kier alpha value is -3.41. The molecule has 6 nitrogen and oxygen atoms in total. The van der Waals surface area contributed by atoms with Gasteiger partial charge in [-0.25, -0.2) is 4.98 Å². The molecule has 0 aliphatic heterocycles. The van der Waals surface area contributed by atoms with E-state index in [2.05, 4.69) is 15.3 Å². The quantitative estimate of drug-likeness (QED) is 0.739. The number of aryl methyl sites for hydroxylation is 1. The van der Waals surface area contributed by atoms with E-state index >= 15 is 0 Å². The number of hydrogen-bond acceptors (Lipinski definition) is 4. The van der Waals surface area contributed by atoms with E-state index in [4.69, 9.17) is 4.74 Å². The zero-order chi connectivity index (χ0) is 18.5. The number of rotatable bonds is 5. The third-order valence-corrected chi connectivity index (χ3v) is 3.70. The Morgan fingerprint density at radius 1 is 1.15 bits per heavy atom. The summed E-state index contributed by atoms with van der Waals surface area (Å²) in [5, 5.41) is 2.86. The summed E-state index contributed by atoms with van der Waals surface area (Å²) >= 11 is 0. The highest BCUT2D eigenvalue weighted by atomic mass is 16.5. The summed E-state index contributed by atoms with van der Waals surface area (Å²) in [5.74, 6) is 0.728. The Balaban J connectivity index is 1.87. The highest BCUT2D eigenvalue weighted by Crippen LogP contribution is 2.22. The van der Waals surface area contributed by atoms with E-state index in [-0.39, 0.29) is 11.5 Å². The van der Waals surface area contributed by atoms with E-state index < -0.39 is 0 Å². The van der Waals surface area contributed by atoms with Gasteiger partial charge in [0.2, 0.25) is 0 Å². The molecule has 2 aromatic carbocycles. The fourth-order valence-electron chi connectivity index (χ4n) is 2.59. The van der Waals surface area contributed by atoms with Crippen molar-refractivity contribution in [2.75, 3.05) is 11.9 Å². The van der Waals surface area contributed by atoms with Gasteiger partial charge in [-0.15, -0.1) is 0 Å². The van der Waals surface area contributed by atoms with Gasteiger partial charge in [-0.05, 0) is 38.1 Å². The van der Waals surface area contributed by atoms with E-state index in [1.54, 1.807) is 43.3 Å². The number of aromatic nitrogens is 2. The molecule has 0 atom stereocenters. The minimum atomic E-state index is -0.267. The van der Waals surface area contributed by atoms with Crippen LogP contribution in [0.15, 0.2) is 59.4 Å². The summed E-state index contributed by atoms with van der Waals surface area (Å²) in [5.41, 5.74) is 2.18. The van der Waals surface area contributed by atoms with Gasteiger partial charge in [-0.2, -0.15) is 0 Å². The Morgan fingerprint density at radius 2 is 1.96 bits per heavy atom. The summed E-state index contributed by atoms with van der Waals surface area (Å²) in [4.78, 5) is 31.3. The van der Waals surface area contributed by atoms with E-state index in [0.29, 0.717) is 40.7 Å². The average Bonchev–Trinajstić information content (AvgIpc) is 2.62. The first-order valence-electron chi connectivity index (χ1n) is 8.28. The maximum Gasteiger partial charge on any atom is 0.259 e. The number of ether oxygens (including phenoxy) is 1. The molecule has 1 aromatic heterocycles. The van der Waals surface area contributed by atoms with Crippen LogP contribution in [0.3, 0.4) is 0 Å². The summed E-state index contributed by atoms with van der Waals surface area (Å²) < 4.78 is 5.50. The fraction of sp³-hybridized carbons (Fsp3) is 0.150. The predicted octanol–water partition coefficient (Wildman–Crippen LogP) is 3.40. The molecular formula is C20H19N3O3. The number of para-hydroxylation sites is 1. The summed E-state index contributed by atoms with van der Waals surface area (Å²) in [6.07, 6.45) is 0. The molecule has 0 aliphatic carbocycles. The van der Waals surface area contributed by atoms with Crippen LogP contribution in [0.25, 0.3) is 11.4 Å².